The number of anilines is 3. The number of primary amides is 1. The highest BCUT2D eigenvalue weighted by atomic mass is 16.2. The second-order valence-corrected chi connectivity index (χ2v) is 10.2. The SMILES string of the molecule is CCc1cccc(C(C)C)c1N(C(N)=O)C1CCC(Nc2cc(N(C)C)c3ccccc3n2)CC1. The number of carbonyl (C=O) groups excluding carboxylic acids is 1. The van der Waals surface area contributed by atoms with Crippen LogP contribution in [0.1, 0.15) is 63.5 Å². The van der Waals surface area contributed by atoms with Crippen LogP contribution >= 0.6 is 0 Å². The minimum Gasteiger partial charge on any atom is -0.377 e. The zero-order chi connectivity index (χ0) is 25.1. The number of nitrogens with one attached hydrogen (secondary N) is 1. The van der Waals surface area contributed by atoms with Gasteiger partial charge in [0.15, 0.2) is 0 Å². The number of fused-ring (bicyclic) bond motifs is 1. The van der Waals surface area contributed by atoms with Gasteiger partial charge >= 0.3 is 6.03 Å². The second-order valence-electron chi connectivity index (χ2n) is 10.2. The first-order valence-electron chi connectivity index (χ1n) is 12.8. The van der Waals surface area contributed by atoms with Crippen molar-refractivity contribution in [2.75, 3.05) is 29.2 Å². The van der Waals surface area contributed by atoms with Crippen LogP contribution in [0, 0.1) is 0 Å². The molecule has 0 aliphatic heterocycles. The van der Waals surface area contributed by atoms with Gasteiger partial charge in [0.25, 0.3) is 0 Å². The Kier molecular flexibility index (Phi) is 7.48. The molecule has 1 aliphatic rings. The average Bonchev–Trinajstić information content (AvgIpc) is 2.84. The first-order chi connectivity index (χ1) is 16.8. The van der Waals surface area contributed by atoms with Gasteiger partial charge in [0.05, 0.1) is 11.2 Å². The molecule has 1 heterocycles. The summed E-state index contributed by atoms with van der Waals surface area (Å²) in [5, 5.41) is 4.83. The molecule has 6 heteroatoms. The summed E-state index contributed by atoms with van der Waals surface area (Å²) in [7, 11) is 4.13. The summed E-state index contributed by atoms with van der Waals surface area (Å²) in [6.07, 6.45) is 4.62. The average molecular weight is 474 g/mol. The Morgan fingerprint density at radius 1 is 1.09 bits per heavy atom. The molecule has 4 rings (SSSR count). The van der Waals surface area contributed by atoms with Crippen molar-refractivity contribution in [3.8, 4) is 0 Å². The van der Waals surface area contributed by atoms with Gasteiger partial charge in [0.2, 0.25) is 0 Å². The number of urea groups is 1. The van der Waals surface area contributed by atoms with E-state index in [1.54, 1.807) is 0 Å². The van der Waals surface area contributed by atoms with Gasteiger partial charge in [-0.1, -0.05) is 57.2 Å². The number of nitrogens with two attached hydrogens (primary N) is 1. The van der Waals surface area contributed by atoms with Crippen LogP contribution in [0.5, 0.6) is 0 Å². The van der Waals surface area contributed by atoms with Gasteiger partial charge in [0, 0.05) is 43.3 Å². The Hall–Kier alpha value is -3.28. The van der Waals surface area contributed by atoms with Crippen molar-refractivity contribution in [2.45, 2.75) is 70.9 Å². The molecule has 35 heavy (non-hydrogen) atoms. The van der Waals surface area contributed by atoms with E-state index in [1.807, 2.05) is 11.0 Å². The molecule has 1 aliphatic carbocycles. The Morgan fingerprint density at radius 3 is 2.43 bits per heavy atom. The molecule has 2 aromatic carbocycles. The molecule has 0 bridgehead atoms. The van der Waals surface area contributed by atoms with Crippen LogP contribution in [-0.2, 0) is 6.42 Å². The molecule has 3 N–H and O–H groups in total. The number of aryl methyl sites for hydroxylation is 1. The number of para-hydroxylation sites is 2. The molecule has 2 amide bonds. The van der Waals surface area contributed by atoms with Gasteiger partial charge in [-0.15, -0.1) is 0 Å². The fourth-order valence-corrected chi connectivity index (χ4v) is 5.42. The molecule has 0 saturated heterocycles. The molecule has 1 saturated carbocycles. The Morgan fingerprint density at radius 2 is 1.80 bits per heavy atom. The van der Waals surface area contributed by atoms with Crippen LogP contribution in [-0.4, -0.2) is 37.2 Å². The fourth-order valence-electron chi connectivity index (χ4n) is 5.42. The Bertz CT molecular complexity index is 1180. The summed E-state index contributed by atoms with van der Waals surface area (Å²) in [4.78, 5) is 21.7. The van der Waals surface area contributed by atoms with E-state index in [9.17, 15) is 4.79 Å². The van der Waals surface area contributed by atoms with Crippen LogP contribution in [0.2, 0.25) is 0 Å². The highest BCUT2D eigenvalue weighted by Crippen LogP contribution is 2.37. The molecule has 6 nitrogen and oxygen atoms in total. The Labute approximate surface area is 209 Å². The summed E-state index contributed by atoms with van der Waals surface area (Å²) in [5.41, 5.74) is 11.6. The number of nitrogens with zero attached hydrogens (tertiary/aromatic N) is 3. The van der Waals surface area contributed by atoms with Gasteiger partial charge in [-0.2, -0.15) is 0 Å². The van der Waals surface area contributed by atoms with Crippen molar-refractivity contribution in [3.63, 3.8) is 0 Å². The van der Waals surface area contributed by atoms with Crippen molar-refractivity contribution < 1.29 is 4.79 Å². The molecule has 0 unspecified atom stereocenters. The number of benzene rings is 2. The van der Waals surface area contributed by atoms with Crippen LogP contribution in [0.15, 0.2) is 48.5 Å². The maximum absolute atomic E-state index is 12.8. The fraction of sp³-hybridized carbons (Fsp3) is 0.448. The summed E-state index contributed by atoms with van der Waals surface area (Å²) in [5.74, 6) is 1.22. The van der Waals surface area contributed by atoms with Gasteiger partial charge < -0.3 is 16.0 Å². The normalized spacial score (nSPS) is 18.0. The third-order valence-corrected chi connectivity index (χ3v) is 7.22. The van der Waals surface area contributed by atoms with E-state index in [-0.39, 0.29) is 12.1 Å². The number of hydrogen-bond donors (Lipinski definition) is 2. The molecular weight excluding hydrogens is 434 g/mol. The van der Waals surface area contributed by atoms with E-state index >= 15 is 0 Å². The topological polar surface area (TPSA) is 74.5 Å². The molecule has 1 aromatic heterocycles. The van der Waals surface area contributed by atoms with Crippen molar-refractivity contribution >= 4 is 34.1 Å². The minimum absolute atomic E-state index is 0.109. The summed E-state index contributed by atoms with van der Waals surface area (Å²) < 4.78 is 0. The lowest BCUT2D eigenvalue weighted by Crippen LogP contribution is -2.47. The molecule has 0 spiro atoms. The molecule has 0 radical (unpaired) electrons. The van der Waals surface area contributed by atoms with E-state index in [1.165, 1.54) is 11.1 Å². The van der Waals surface area contributed by atoms with E-state index < -0.39 is 0 Å². The predicted octanol–water partition coefficient (Wildman–Crippen LogP) is 6.30. The Balaban J connectivity index is 1.53. The van der Waals surface area contributed by atoms with Crippen molar-refractivity contribution in [1.29, 1.82) is 0 Å². The first kappa shape index (κ1) is 24.8. The number of carbonyl (C=O) groups is 1. The van der Waals surface area contributed by atoms with Gasteiger partial charge in [-0.25, -0.2) is 9.78 Å². The highest BCUT2D eigenvalue weighted by Gasteiger charge is 2.32. The van der Waals surface area contributed by atoms with Gasteiger partial charge in [0.1, 0.15) is 5.82 Å². The lowest BCUT2D eigenvalue weighted by atomic mass is 9.88. The second kappa shape index (κ2) is 10.5. The zero-order valence-electron chi connectivity index (χ0n) is 21.7. The molecular formula is C29H39N5O. The number of pyridine rings is 1. The third kappa shape index (κ3) is 5.21. The van der Waals surface area contributed by atoms with Crippen molar-refractivity contribution in [2.24, 2.45) is 5.73 Å². The lowest BCUT2D eigenvalue weighted by Gasteiger charge is -2.38. The first-order valence-corrected chi connectivity index (χ1v) is 12.8. The van der Waals surface area contributed by atoms with Crippen LogP contribution in [0.25, 0.3) is 10.9 Å². The van der Waals surface area contributed by atoms with Crippen LogP contribution < -0.4 is 20.9 Å². The van der Waals surface area contributed by atoms with Gasteiger partial charge in [-0.05, 0) is 55.2 Å². The number of hydrogen-bond acceptors (Lipinski definition) is 4. The molecule has 3 aromatic rings. The summed E-state index contributed by atoms with van der Waals surface area (Å²) in [6, 6.07) is 16.8. The van der Waals surface area contributed by atoms with E-state index in [0.717, 1.165) is 60.2 Å². The van der Waals surface area contributed by atoms with Gasteiger partial charge in [-0.3, -0.25) is 4.90 Å². The molecule has 0 atom stereocenters. The number of amides is 2. The van der Waals surface area contributed by atoms with Crippen molar-refractivity contribution in [3.05, 3.63) is 59.7 Å². The third-order valence-electron chi connectivity index (χ3n) is 7.22. The summed E-state index contributed by atoms with van der Waals surface area (Å²) >= 11 is 0. The maximum Gasteiger partial charge on any atom is 0.319 e. The van der Waals surface area contributed by atoms with Crippen LogP contribution in [0.3, 0.4) is 0 Å². The monoisotopic (exact) mass is 473 g/mol. The zero-order valence-corrected chi connectivity index (χ0v) is 21.7. The maximum atomic E-state index is 12.8. The van der Waals surface area contributed by atoms with E-state index in [2.05, 4.69) is 87.5 Å². The minimum atomic E-state index is -0.351. The predicted molar refractivity (Wildman–Crippen MR) is 148 cm³/mol. The highest BCUT2D eigenvalue weighted by molar-refractivity contribution is 5.94. The van der Waals surface area contributed by atoms with E-state index in [4.69, 9.17) is 10.7 Å². The largest absolute Gasteiger partial charge is 0.377 e. The molecule has 186 valence electrons. The quantitative estimate of drug-likeness (QED) is 0.423. The molecule has 1 fully saturated rings. The number of rotatable bonds is 7. The standard InChI is InChI=1S/C29H39N5O/c1-6-20-10-9-12-23(19(2)3)28(20)34(29(30)35)22-16-14-21(15-17-22)31-27-18-26(33(4)5)24-11-7-8-13-25(24)32-27/h7-13,18-19,21-22H,6,14-17H2,1-5H3,(H2,30,35)(H,31,32). The number of aromatic nitrogens is 1. The summed E-state index contributed by atoms with van der Waals surface area (Å²) in [6.45, 7) is 6.50. The lowest BCUT2D eigenvalue weighted by molar-refractivity contribution is 0.248. The van der Waals surface area contributed by atoms with Crippen LogP contribution in [0.4, 0.5) is 22.0 Å². The van der Waals surface area contributed by atoms with Crippen molar-refractivity contribution in [1.82, 2.24) is 4.98 Å². The smallest absolute Gasteiger partial charge is 0.319 e. The van der Waals surface area contributed by atoms with E-state index in [0.29, 0.717) is 12.0 Å².